The second-order valence-corrected chi connectivity index (χ2v) is 7.58. The van der Waals surface area contributed by atoms with E-state index in [1.165, 1.54) is 0 Å². The molecule has 0 fully saturated rings. The van der Waals surface area contributed by atoms with Gasteiger partial charge in [-0.25, -0.2) is 8.42 Å². The Bertz CT molecular complexity index is 963. The molecule has 0 saturated heterocycles. The van der Waals surface area contributed by atoms with E-state index >= 15 is 0 Å². The smallest absolute Gasteiger partial charge is 0.233 e. The molecule has 1 N–H and O–H groups in total. The van der Waals surface area contributed by atoms with Crippen molar-refractivity contribution < 1.29 is 12.8 Å². The molecule has 0 bridgehead atoms. The Balaban J connectivity index is 2.14. The Morgan fingerprint density at radius 2 is 1.72 bits per heavy atom. The molecule has 0 aliphatic heterocycles. The lowest BCUT2D eigenvalue weighted by molar-refractivity contribution is 0.576. The summed E-state index contributed by atoms with van der Waals surface area (Å²) in [4.78, 5) is 4.52. The van der Waals surface area contributed by atoms with Crippen LogP contribution in [0.15, 0.2) is 68.9 Å². The molecule has 3 aromatic rings. The van der Waals surface area contributed by atoms with E-state index in [2.05, 4.69) is 10.3 Å². The van der Waals surface area contributed by atoms with Crippen molar-refractivity contribution in [3.63, 3.8) is 0 Å². The zero-order chi connectivity index (χ0) is 17.9. The molecule has 5 nitrogen and oxygen atoms in total. The van der Waals surface area contributed by atoms with Gasteiger partial charge in [0.05, 0.1) is 4.90 Å². The lowest BCUT2D eigenvalue weighted by atomic mass is 10.1. The maximum Gasteiger partial charge on any atom is 0.233 e. The summed E-state index contributed by atoms with van der Waals surface area (Å²) in [5.74, 6) is 0.482. The normalized spacial score (nSPS) is 11.4. The second kappa shape index (κ2) is 7.11. The van der Waals surface area contributed by atoms with Crippen molar-refractivity contribution in [1.82, 2.24) is 4.98 Å². The average molecular weight is 356 g/mol. The highest BCUT2D eigenvalue weighted by Crippen LogP contribution is 2.33. The van der Waals surface area contributed by atoms with Crippen LogP contribution in [0.2, 0.25) is 0 Å². The molecule has 0 unspecified atom stereocenters. The first-order valence-corrected chi connectivity index (χ1v) is 9.63. The standard InChI is InChI=1S/C19H20N2O3S/c1-3-13-20-18-19(25(22,23)15-10-5-4-6-11-15)21-17(24-18)16-12-8-7-9-14(16)2/h4-12,20H,3,13H2,1-2H3. The number of hydrogen-bond acceptors (Lipinski definition) is 5. The summed E-state index contributed by atoms with van der Waals surface area (Å²) in [6.45, 7) is 4.53. The predicted octanol–water partition coefficient (Wildman–Crippen LogP) is 4.30. The van der Waals surface area contributed by atoms with E-state index in [1.54, 1.807) is 30.3 Å². The molecule has 130 valence electrons. The summed E-state index contributed by atoms with van der Waals surface area (Å²) >= 11 is 0. The molecule has 2 aromatic carbocycles. The van der Waals surface area contributed by atoms with E-state index in [9.17, 15) is 8.42 Å². The van der Waals surface area contributed by atoms with E-state index in [4.69, 9.17) is 4.42 Å². The zero-order valence-corrected chi connectivity index (χ0v) is 15.0. The van der Waals surface area contributed by atoms with Gasteiger partial charge in [-0.2, -0.15) is 4.98 Å². The van der Waals surface area contributed by atoms with Gasteiger partial charge in [0.15, 0.2) is 0 Å². The van der Waals surface area contributed by atoms with Crippen molar-refractivity contribution in [2.24, 2.45) is 0 Å². The number of oxazole rings is 1. The summed E-state index contributed by atoms with van der Waals surface area (Å²) in [5, 5.41) is 2.96. The second-order valence-electron chi connectivity index (χ2n) is 5.71. The number of sulfone groups is 1. The minimum Gasteiger partial charge on any atom is -0.419 e. The fourth-order valence-corrected chi connectivity index (χ4v) is 3.78. The Hall–Kier alpha value is -2.60. The van der Waals surface area contributed by atoms with Crippen molar-refractivity contribution in [2.45, 2.75) is 30.2 Å². The molecular weight excluding hydrogens is 336 g/mol. The quantitative estimate of drug-likeness (QED) is 0.713. The van der Waals surface area contributed by atoms with Gasteiger partial charge in [0, 0.05) is 12.1 Å². The molecule has 0 spiro atoms. The number of rotatable bonds is 6. The van der Waals surface area contributed by atoms with Gasteiger partial charge in [-0.05, 0) is 37.1 Å². The predicted molar refractivity (Wildman–Crippen MR) is 97.4 cm³/mol. The van der Waals surface area contributed by atoms with Crippen LogP contribution in [0.5, 0.6) is 0 Å². The molecule has 0 atom stereocenters. The number of nitrogens with one attached hydrogen (secondary N) is 1. The molecular formula is C19H20N2O3S. The number of hydrogen-bond donors (Lipinski definition) is 1. The van der Waals surface area contributed by atoms with E-state index in [0.717, 1.165) is 17.5 Å². The summed E-state index contributed by atoms with van der Waals surface area (Å²) in [6, 6.07) is 15.9. The van der Waals surface area contributed by atoms with Gasteiger partial charge in [-0.3, -0.25) is 0 Å². The van der Waals surface area contributed by atoms with Gasteiger partial charge in [0.25, 0.3) is 0 Å². The average Bonchev–Trinajstić information content (AvgIpc) is 3.06. The molecule has 0 saturated carbocycles. The Kier molecular flexibility index (Phi) is 4.90. The van der Waals surface area contributed by atoms with Crippen LogP contribution < -0.4 is 5.32 Å². The Morgan fingerprint density at radius 3 is 2.40 bits per heavy atom. The van der Waals surface area contributed by atoms with Gasteiger partial charge in [0.1, 0.15) is 0 Å². The number of anilines is 1. The molecule has 6 heteroatoms. The summed E-state index contributed by atoms with van der Waals surface area (Å²) < 4.78 is 31.8. The van der Waals surface area contributed by atoms with Crippen LogP contribution in [0.25, 0.3) is 11.5 Å². The SMILES string of the molecule is CCCNc1oc(-c2ccccc2C)nc1S(=O)(=O)c1ccccc1. The number of nitrogens with zero attached hydrogens (tertiary/aromatic N) is 1. The highest BCUT2D eigenvalue weighted by atomic mass is 32.2. The molecule has 0 amide bonds. The molecule has 1 aromatic heterocycles. The largest absolute Gasteiger partial charge is 0.419 e. The third-order valence-corrected chi connectivity index (χ3v) is 5.49. The van der Waals surface area contributed by atoms with Crippen LogP contribution in [0.1, 0.15) is 18.9 Å². The first kappa shape index (κ1) is 17.2. The van der Waals surface area contributed by atoms with E-state index < -0.39 is 9.84 Å². The van der Waals surface area contributed by atoms with Gasteiger partial charge >= 0.3 is 0 Å². The summed E-state index contributed by atoms with van der Waals surface area (Å²) in [5.41, 5.74) is 1.74. The van der Waals surface area contributed by atoms with Crippen LogP contribution in [0.4, 0.5) is 5.88 Å². The maximum absolute atomic E-state index is 13.0. The Morgan fingerprint density at radius 1 is 1.04 bits per heavy atom. The maximum atomic E-state index is 13.0. The lowest BCUT2D eigenvalue weighted by Crippen LogP contribution is -2.07. The molecule has 3 rings (SSSR count). The minimum absolute atomic E-state index is 0.0783. The first-order valence-electron chi connectivity index (χ1n) is 8.15. The highest BCUT2D eigenvalue weighted by molar-refractivity contribution is 7.91. The third kappa shape index (κ3) is 3.44. The molecule has 0 aliphatic carbocycles. The van der Waals surface area contributed by atoms with Gasteiger partial charge in [0.2, 0.25) is 26.6 Å². The lowest BCUT2D eigenvalue weighted by Gasteiger charge is -2.04. The van der Waals surface area contributed by atoms with Crippen LogP contribution in [-0.4, -0.2) is 19.9 Å². The van der Waals surface area contributed by atoms with Crippen LogP contribution in [-0.2, 0) is 9.84 Å². The fourth-order valence-electron chi connectivity index (χ4n) is 2.48. The Labute approximate surface area is 147 Å². The zero-order valence-electron chi connectivity index (χ0n) is 14.2. The van der Waals surface area contributed by atoms with E-state index in [1.807, 2.05) is 38.1 Å². The molecule has 25 heavy (non-hydrogen) atoms. The fraction of sp³-hybridized carbons (Fsp3) is 0.211. The van der Waals surface area contributed by atoms with Crippen molar-refractivity contribution in [2.75, 3.05) is 11.9 Å². The summed E-state index contributed by atoms with van der Waals surface area (Å²) in [7, 11) is -3.77. The van der Waals surface area contributed by atoms with Crippen molar-refractivity contribution >= 4 is 15.7 Å². The molecule has 0 aliphatic rings. The van der Waals surface area contributed by atoms with Crippen LogP contribution >= 0.6 is 0 Å². The summed E-state index contributed by atoms with van der Waals surface area (Å²) in [6.07, 6.45) is 0.839. The van der Waals surface area contributed by atoms with Gasteiger partial charge in [-0.1, -0.05) is 43.3 Å². The van der Waals surface area contributed by atoms with Gasteiger partial charge < -0.3 is 9.73 Å². The van der Waals surface area contributed by atoms with Crippen molar-refractivity contribution in [3.8, 4) is 11.5 Å². The van der Waals surface area contributed by atoms with Gasteiger partial charge in [-0.15, -0.1) is 0 Å². The molecule has 0 radical (unpaired) electrons. The minimum atomic E-state index is -3.77. The van der Waals surface area contributed by atoms with E-state index in [-0.39, 0.29) is 15.8 Å². The monoisotopic (exact) mass is 356 g/mol. The number of aryl methyl sites for hydroxylation is 1. The first-order chi connectivity index (χ1) is 12.0. The van der Waals surface area contributed by atoms with E-state index in [0.29, 0.717) is 12.4 Å². The highest BCUT2D eigenvalue weighted by Gasteiger charge is 2.28. The number of aromatic nitrogens is 1. The topological polar surface area (TPSA) is 72.2 Å². The van der Waals surface area contributed by atoms with Crippen molar-refractivity contribution in [1.29, 1.82) is 0 Å². The van der Waals surface area contributed by atoms with Crippen molar-refractivity contribution in [3.05, 3.63) is 60.2 Å². The number of benzene rings is 2. The molecule has 1 heterocycles. The third-order valence-electron chi connectivity index (χ3n) is 3.82. The van der Waals surface area contributed by atoms with Crippen LogP contribution in [0.3, 0.4) is 0 Å². The van der Waals surface area contributed by atoms with Crippen LogP contribution in [0, 0.1) is 6.92 Å².